The van der Waals surface area contributed by atoms with Crippen molar-refractivity contribution in [2.75, 3.05) is 6.61 Å². The van der Waals surface area contributed by atoms with Gasteiger partial charge in [0.1, 0.15) is 0 Å². The minimum absolute atomic E-state index is 0.104. The Morgan fingerprint density at radius 3 is 2.46 bits per heavy atom. The summed E-state index contributed by atoms with van der Waals surface area (Å²) in [4.78, 5) is 12.0. The Morgan fingerprint density at radius 1 is 1.08 bits per heavy atom. The molecule has 0 bridgehead atoms. The third-order valence-electron chi connectivity index (χ3n) is 4.92. The molecule has 1 aliphatic rings. The summed E-state index contributed by atoms with van der Waals surface area (Å²) in [7, 11) is 0. The average molecular weight is 328 g/mol. The monoisotopic (exact) mass is 328 g/mol. The fraction of sp³-hybridized carbons (Fsp3) is 0.591. The highest BCUT2D eigenvalue weighted by molar-refractivity contribution is 5.88. The first-order chi connectivity index (χ1) is 11.7. The molecule has 0 heterocycles. The first-order valence-electron chi connectivity index (χ1n) is 9.69. The van der Waals surface area contributed by atoms with E-state index in [2.05, 4.69) is 44.2 Å². The van der Waals surface area contributed by atoms with Gasteiger partial charge in [-0.3, -0.25) is 0 Å². The molecule has 0 amide bonds. The van der Waals surface area contributed by atoms with E-state index in [1.165, 1.54) is 36.8 Å². The van der Waals surface area contributed by atoms with Crippen LogP contribution >= 0.6 is 0 Å². The number of allylic oxidation sites excluding steroid dienone is 1. The van der Waals surface area contributed by atoms with Crippen molar-refractivity contribution in [3.05, 3.63) is 47.0 Å². The van der Waals surface area contributed by atoms with Gasteiger partial charge >= 0.3 is 5.97 Å². The van der Waals surface area contributed by atoms with Crippen LogP contribution in [0.3, 0.4) is 0 Å². The van der Waals surface area contributed by atoms with E-state index in [1.54, 1.807) is 0 Å². The van der Waals surface area contributed by atoms with Crippen molar-refractivity contribution in [1.29, 1.82) is 0 Å². The van der Waals surface area contributed by atoms with Crippen LogP contribution in [0.4, 0.5) is 0 Å². The maximum atomic E-state index is 12.0. The van der Waals surface area contributed by atoms with Gasteiger partial charge in [-0.2, -0.15) is 0 Å². The van der Waals surface area contributed by atoms with Gasteiger partial charge in [0.25, 0.3) is 0 Å². The van der Waals surface area contributed by atoms with Crippen molar-refractivity contribution < 1.29 is 9.53 Å². The summed E-state index contributed by atoms with van der Waals surface area (Å²) in [5.41, 5.74) is 3.72. The number of rotatable bonds is 9. The zero-order chi connectivity index (χ0) is 17.2. The zero-order valence-corrected chi connectivity index (χ0v) is 15.4. The summed E-state index contributed by atoms with van der Waals surface area (Å²) in [5, 5.41) is 0. The van der Waals surface area contributed by atoms with Crippen LogP contribution in [0.25, 0.3) is 0 Å². The third kappa shape index (κ3) is 5.81. The number of carbonyl (C=O) groups excluding carboxylic acids is 1. The fourth-order valence-electron chi connectivity index (χ4n) is 3.26. The number of benzene rings is 1. The third-order valence-corrected chi connectivity index (χ3v) is 4.92. The largest absolute Gasteiger partial charge is 0.462 e. The number of unbranched alkanes of at least 4 members (excludes halogenated alkanes) is 3. The van der Waals surface area contributed by atoms with E-state index >= 15 is 0 Å². The lowest BCUT2D eigenvalue weighted by Gasteiger charge is -2.22. The molecule has 132 valence electrons. The van der Waals surface area contributed by atoms with Crippen LogP contribution in [-0.2, 0) is 16.0 Å². The summed E-state index contributed by atoms with van der Waals surface area (Å²) in [6, 6.07) is 9.13. The Bertz CT molecular complexity index is 527. The normalized spacial score (nSPS) is 17.4. The number of carbonyl (C=O) groups is 1. The molecule has 0 aromatic heterocycles. The first kappa shape index (κ1) is 18.8. The maximum absolute atomic E-state index is 12.0. The Balaban J connectivity index is 1.83. The van der Waals surface area contributed by atoms with E-state index in [0.717, 1.165) is 37.7 Å². The van der Waals surface area contributed by atoms with Gasteiger partial charge in [-0.05, 0) is 55.6 Å². The molecule has 1 unspecified atom stereocenters. The van der Waals surface area contributed by atoms with E-state index in [9.17, 15) is 4.79 Å². The van der Waals surface area contributed by atoms with Gasteiger partial charge in [0, 0.05) is 5.57 Å². The maximum Gasteiger partial charge on any atom is 0.333 e. The van der Waals surface area contributed by atoms with Crippen molar-refractivity contribution in [2.24, 2.45) is 0 Å². The van der Waals surface area contributed by atoms with Gasteiger partial charge in [0.15, 0.2) is 0 Å². The van der Waals surface area contributed by atoms with Crippen molar-refractivity contribution >= 4 is 5.97 Å². The topological polar surface area (TPSA) is 26.3 Å². The predicted octanol–water partition coefficient (Wildman–Crippen LogP) is 5.96. The lowest BCUT2D eigenvalue weighted by Crippen LogP contribution is -2.14. The Labute approximate surface area is 147 Å². The number of aryl methyl sites for hydroxylation is 1. The minimum atomic E-state index is -0.104. The van der Waals surface area contributed by atoms with E-state index in [0.29, 0.717) is 12.5 Å². The summed E-state index contributed by atoms with van der Waals surface area (Å²) < 4.78 is 5.32. The van der Waals surface area contributed by atoms with Crippen LogP contribution in [0, 0.1) is 0 Å². The molecule has 2 heteroatoms. The van der Waals surface area contributed by atoms with Crippen LogP contribution < -0.4 is 0 Å². The molecule has 0 radical (unpaired) electrons. The van der Waals surface area contributed by atoms with Gasteiger partial charge in [0.2, 0.25) is 0 Å². The van der Waals surface area contributed by atoms with Crippen LogP contribution in [-0.4, -0.2) is 12.6 Å². The molecule has 2 rings (SSSR count). The van der Waals surface area contributed by atoms with E-state index in [-0.39, 0.29) is 5.97 Å². The summed E-state index contributed by atoms with van der Waals surface area (Å²) in [6.45, 7) is 4.90. The zero-order valence-electron chi connectivity index (χ0n) is 15.4. The van der Waals surface area contributed by atoms with E-state index < -0.39 is 0 Å². The standard InChI is InChI=1S/C22H32O2/c1-3-5-7-8-18-9-11-19(12-10-18)20-13-15-21(16-14-20)22(23)24-17-6-4-2/h9-12,15,20H,3-8,13-14,16-17H2,1-2H3. The summed E-state index contributed by atoms with van der Waals surface area (Å²) >= 11 is 0. The predicted molar refractivity (Wildman–Crippen MR) is 100 cm³/mol. The fourth-order valence-corrected chi connectivity index (χ4v) is 3.26. The molecular weight excluding hydrogens is 296 g/mol. The average Bonchev–Trinajstić information content (AvgIpc) is 2.63. The second kappa shape index (κ2) is 10.3. The highest BCUT2D eigenvalue weighted by atomic mass is 16.5. The molecule has 0 saturated heterocycles. The molecule has 24 heavy (non-hydrogen) atoms. The van der Waals surface area contributed by atoms with Crippen molar-refractivity contribution in [1.82, 2.24) is 0 Å². The smallest absolute Gasteiger partial charge is 0.333 e. The second-order valence-electron chi connectivity index (χ2n) is 6.89. The highest BCUT2D eigenvalue weighted by Gasteiger charge is 2.20. The van der Waals surface area contributed by atoms with Crippen LogP contribution in [0.2, 0.25) is 0 Å². The molecule has 1 aromatic rings. The molecule has 1 aliphatic carbocycles. The van der Waals surface area contributed by atoms with Gasteiger partial charge in [-0.25, -0.2) is 4.79 Å². The van der Waals surface area contributed by atoms with Gasteiger partial charge in [-0.15, -0.1) is 0 Å². The van der Waals surface area contributed by atoms with Gasteiger partial charge in [-0.1, -0.05) is 63.5 Å². The van der Waals surface area contributed by atoms with Crippen LogP contribution in [0.1, 0.15) is 82.3 Å². The number of hydrogen-bond acceptors (Lipinski definition) is 2. The number of ether oxygens (including phenoxy) is 1. The molecule has 0 saturated carbocycles. The van der Waals surface area contributed by atoms with E-state index in [1.807, 2.05) is 0 Å². The molecular formula is C22H32O2. The SMILES string of the molecule is CCCCCc1ccc(C2CC=C(C(=O)OCCCC)CC2)cc1. The molecule has 0 aliphatic heterocycles. The van der Waals surface area contributed by atoms with Crippen LogP contribution in [0.5, 0.6) is 0 Å². The van der Waals surface area contributed by atoms with Crippen molar-refractivity contribution in [3.63, 3.8) is 0 Å². The number of esters is 1. The lowest BCUT2D eigenvalue weighted by molar-refractivity contribution is -0.139. The quantitative estimate of drug-likeness (QED) is 0.413. The Morgan fingerprint density at radius 2 is 1.83 bits per heavy atom. The lowest BCUT2D eigenvalue weighted by atomic mass is 9.84. The van der Waals surface area contributed by atoms with Gasteiger partial charge in [0.05, 0.1) is 6.61 Å². The Kier molecular flexibility index (Phi) is 8.07. The molecule has 1 atom stereocenters. The van der Waals surface area contributed by atoms with Crippen molar-refractivity contribution in [2.45, 2.75) is 77.6 Å². The molecule has 2 nitrogen and oxygen atoms in total. The summed E-state index contributed by atoms with van der Waals surface area (Å²) in [5.74, 6) is 0.440. The Hall–Kier alpha value is -1.57. The second-order valence-corrected chi connectivity index (χ2v) is 6.89. The summed E-state index contributed by atoms with van der Waals surface area (Å²) in [6.07, 6.45) is 12.0. The number of hydrogen-bond donors (Lipinski definition) is 0. The molecule has 0 spiro atoms. The molecule has 0 N–H and O–H groups in total. The highest BCUT2D eigenvalue weighted by Crippen LogP contribution is 2.32. The molecule has 1 aromatic carbocycles. The van der Waals surface area contributed by atoms with Crippen molar-refractivity contribution in [3.8, 4) is 0 Å². The first-order valence-corrected chi connectivity index (χ1v) is 9.69. The minimum Gasteiger partial charge on any atom is -0.462 e. The molecule has 0 fully saturated rings. The van der Waals surface area contributed by atoms with Crippen LogP contribution in [0.15, 0.2) is 35.9 Å². The van der Waals surface area contributed by atoms with E-state index in [4.69, 9.17) is 4.74 Å². The van der Waals surface area contributed by atoms with Gasteiger partial charge < -0.3 is 4.74 Å².